The van der Waals surface area contributed by atoms with Crippen LogP contribution in [0.15, 0.2) is 97.1 Å². The Hall–Kier alpha value is -5.19. The van der Waals surface area contributed by atoms with Crippen LogP contribution in [0.2, 0.25) is 0 Å². The van der Waals surface area contributed by atoms with Gasteiger partial charge >= 0.3 is 5.97 Å². The second kappa shape index (κ2) is 13.6. The molecule has 4 unspecified atom stereocenters. The van der Waals surface area contributed by atoms with Crippen LogP contribution >= 0.6 is 0 Å². The lowest BCUT2D eigenvalue weighted by Gasteiger charge is -2.46. The molecule has 4 aromatic rings. The van der Waals surface area contributed by atoms with Gasteiger partial charge in [-0.3, -0.25) is 9.59 Å². The monoisotopic (exact) mass is 707 g/mol. The summed E-state index contributed by atoms with van der Waals surface area (Å²) in [4.78, 5) is 39.0. The number of para-hydroxylation sites is 1. The number of carbonyl (C=O) groups is 3. The molecule has 2 aliphatic heterocycles. The smallest absolute Gasteiger partial charge is 0.335 e. The van der Waals surface area contributed by atoms with Gasteiger partial charge < -0.3 is 39.9 Å². The summed E-state index contributed by atoms with van der Waals surface area (Å²) in [7, 11) is -4.45. The lowest BCUT2D eigenvalue weighted by molar-refractivity contribution is -0.271. The Labute approximate surface area is 284 Å². The molecule has 6 rings (SSSR count). The maximum atomic E-state index is 13.6. The highest BCUT2D eigenvalue weighted by atomic mass is 32.2. The molecule has 2 saturated heterocycles. The molecule has 0 bridgehead atoms. The van der Waals surface area contributed by atoms with Gasteiger partial charge in [0, 0.05) is 16.8 Å². The fourth-order valence-corrected chi connectivity index (χ4v) is 7.78. The number of rotatable bonds is 10. The zero-order chi connectivity index (χ0) is 35.9. The van der Waals surface area contributed by atoms with Crippen molar-refractivity contribution in [2.75, 3.05) is 10.7 Å². The van der Waals surface area contributed by atoms with Crippen LogP contribution in [0.5, 0.6) is 11.5 Å². The third-order valence-electron chi connectivity index (χ3n) is 8.55. The zero-order valence-corrected chi connectivity index (χ0v) is 26.6. The van der Waals surface area contributed by atoms with Gasteiger partial charge in [0.25, 0.3) is 0 Å². The lowest BCUT2D eigenvalue weighted by Crippen LogP contribution is -2.63. The maximum absolute atomic E-state index is 13.6. The largest absolute Gasteiger partial charge is 0.508 e. The molecule has 2 fully saturated rings. The number of halogens is 1. The number of nitrogens with zero attached hydrogens (tertiary/aromatic N) is 1. The van der Waals surface area contributed by atoms with Gasteiger partial charge in [0.15, 0.2) is 27.0 Å². The number of aliphatic hydroxyl groups is 3. The van der Waals surface area contributed by atoms with Gasteiger partial charge in [-0.2, -0.15) is 0 Å². The van der Waals surface area contributed by atoms with Crippen molar-refractivity contribution in [2.24, 2.45) is 0 Å². The van der Waals surface area contributed by atoms with Crippen LogP contribution < -0.4 is 9.64 Å². The van der Waals surface area contributed by atoms with Gasteiger partial charge in [-0.25, -0.2) is 17.6 Å². The number of amides is 1. The van der Waals surface area contributed by atoms with Gasteiger partial charge in [0.2, 0.25) is 12.2 Å². The minimum atomic E-state index is -4.45. The number of benzene rings is 4. The van der Waals surface area contributed by atoms with Crippen LogP contribution in [-0.2, 0) is 24.2 Å². The fourth-order valence-electron chi connectivity index (χ4n) is 5.99. The Morgan fingerprint density at radius 2 is 1.52 bits per heavy atom. The number of hydrogen-bond donors (Lipinski definition) is 5. The highest BCUT2D eigenvalue weighted by Gasteiger charge is 2.57. The van der Waals surface area contributed by atoms with Gasteiger partial charge in [-0.15, -0.1) is 0 Å². The molecule has 0 aromatic heterocycles. The van der Waals surface area contributed by atoms with Crippen LogP contribution in [0.4, 0.5) is 10.1 Å². The van der Waals surface area contributed by atoms with Crippen molar-refractivity contribution in [3.8, 4) is 22.6 Å². The molecule has 2 heterocycles. The molecule has 260 valence electrons. The normalized spacial score (nSPS) is 25.1. The number of carboxylic acid groups (broad SMARTS) is 1. The van der Waals surface area contributed by atoms with Crippen molar-refractivity contribution in [3.63, 3.8) is 0 Å². The Kier molecular flexibility index (Phi) is 9.44. The fraction of sp³-hybridized carbons (Fsp3) is 0.229. The molecule has 50 heavy (non-hydrogen) atoms. The number of phenols is 1. The number of sulfone groups is 1. The third kappa shape index (κ3) is 6.56. The summed E-state index contributed by atoms with van der Waals surface area (Å²) < 4.78 is 51.4. The second-order valence-corrected chi connectivity index (χ2v) is 13.9. The number of Topliss-reactive ketones (excluding diaryl/α,β-unsaturated/α-hetero) is 1. The van der Waals surface area contributed by atoms with Gasteiger partial charge in [0.1, 0.15) is 41.4 Å². The minimum Gasteiger partial charge on any atom is -0.508 e. The molecule has 1 amide bonds. The van der Waals surface area contributed by atoms with Crippen LogP contribution in [0, 0.1) is 5.82 Å². The molecule has 0 aliphatic carbocycles. The standard InChI is InChI=1S/C35H30FNO12S/c36-21-12-9-18(10-13-21)26(39)17-50(46,47)32-27(37(33(32)43)22-6-2-1-3-7-22)24-14-11-20(16-25(24)38)19-5-4-8-23(15-19)48-35-30(42)28(40)29(41)31(49-35)34(44)45/h1-16,27-32,35,38,40-42H,17H2,(H,44,45)/t27-,28?,29?,30?,31?,32-,35-/m1/s1. The quantitative estimate of drug-likeness (QED) is 0.119. The molecule has 0 saturated carbocycles. The van der Waals surface area contributed by atoms with Crippen LogP contribution in [0.1, 0.15) is 22.0 Å². The highest BCUT2D eigenvalue weighted by molar-refractivity contribution is 7.93. The van der Waals surface area contributed by atoms with E-state index in [4.69, 9.17) is 9.47 Å². The van der Waals surface area contributed by atoms with Crippen molar-refractivity contribution >= 4 is 33.2 Å². The van der Waals surface area contributed by atoms with Crippen molar-refractivity contribution < 1.29 is 62.2 Å². The van der Waals surface area contributed by atoms with E-state index in [1.54, 1.807) is 48.5 Å². The van der Waals surface area contributed by atoms with E-state index >= 15 is 0 Å². The Morgan fingerprint density at radius 1 is 0.840 bits per heavy atom. The zero-order valence-electron chi connectivity index (χ0n) is 25.8. The van der Waals surface area contributed by atoms with Gasteiger partial charge in [-0.05, 0) is 65.7 Å². The third-order valence-corrected chi connectivity index (χ3v) is 10.4. The predicted octanol–water partition coefficient (Wildman–Crippen LogP) is 2.22. The van der Waals surface area contributed by atoms with E-state index in [1.165, 1.54) is 29.2 Å². The predicted molar refractivity (Wildman–Crippen MR) is 173 cm³/mol. The SMILES string of the molecule is O=C(CS(=O)(=O)[C@H]1C(=O)N(c2ccccc2)[C@@H]1c1ccc(-c2cccc(O[C@@H]3OC(C(=O)O)C(O)C(O)C3O)c2)cc1O)c1ccc(F)cc1. The average molecular weight is 708 g/mol. The number of phenolic OH excluding ortho intramolecular Hbond substituents is 1. The maximum Gasteiger partial charge on any atom is 0.335 e. The Morgan fingerprint density at radius 3 is 2.18 bits per heavy atom. The van der Waals surface area contributed by atoms with Crippen molar-refractivity contribution in [2.45, 2.75) is 42.0 Å². The van der Waals surface area contributed by atoms with Crippen LogP contribution in [0.3, 0.4) is 0 Å². The summed E-state index contributed by atoms with van der Waals surface area (Å²) >= 11 is 0. The first-order valence-corrected chi connectivity index (χ1v) is 16.9. The summed E-state index contributed by atoms with van der Waals surface area (Å²) in [6.45, 7) is 0. The van der Waals surface area contributed by atoms with Crippen LogP contribution in [-0.4, -0.2) is 93.3 Å². The number of anilines is 1. The number of β-lactam (4-membered cyclic amide) rings is 1. The number of ketones is 1. The summed E-state index contributed by atoms with van der Waals surface area (Å²) in [6.07, 6.45) is -9.09. The summed E-state index contributed by atoms with van der Waals surface area (Å²) in [5.74, 6) is -5.13. The number of hydrogen-bond acceptors (Lipinski definition) is 11. The molecule has 15 heteroatoms. The van der Waals surface area contributed by atoms with Gasteiger partial charge in [0.05, 0.1) is 6.04 Å². The summed E-state index contributed by atoms with van der Waals surface area (Å²) in [5, 5.41) is 49.3. The summed E-state index contributed by atoms with van der Waals surface area (Å²) in [5.41, 5.74) is 1.25. The van der Waals surface area contributed by atoms with Crippen LogP contribution in [0.25, 0.3) is 11.1 Å². The first kappa shape index (κ1) is 34.7. The molecule has 4 aromatic carbocycles. The highest BCUT2D eigenvalue weighted by Crippen LogP contribution is 2.46. The number of aliphatic hydroxyl groups excluding tert-OH is 3. The van der Waals surface area contributed by atoms with E-state index in [2.05, 4.69) is 0 Å². The Bertz CT molecular complexity index is 2040. The minimum absolute atomic E-state index is 0.0448. The van der Waals surface area contributed by atoms with E-state index in [0.717, 1.165) is 24.3 Å². The number of carboxylic acids is 1. The average Bonchev–Trinajstić information content (AvgIpc) is 3.08. The first-order chi connectivity index (χ1) is 23.8. The number of ether oxygens (including phenoxy) is 2. The lowest BCUT2D eigenvalue weighted by atomic mass is 9.90. The molecular weight excluding hydrogens is 677 g/mol. The number of aromatic hydroxyl groups is 1. The van der Waals surface area contributed by atoms with E-state index < -0.39 is 81.1 Å². The Balaban J connectivity index is 1.28. The molecule has 7 atom stereocenters. The van der Waals surface area contributed by atoms with Gasteiger partial charge in [-0.1, -0.05) is 42.5 Å². The first-order valence-electron chi connectivity index (χ1n) is 15.2. The topological polar surface area (TPSA) is 208 Å². The molecule has 5 N–H and O–H groups in total. The molecule has 13 nitrogen and oxygen atoms in total. The summed E-state index contributed by atoms with van der Waals surface area (Å²) in [6, 6.07) is 21.8. The second-order valence-electron chi connectivity index (χ2n) is 11.8. The molecule has 0 spiro atoms. The van der Waals surface area contributed by atoms with E-state index in [-0.39, 0.29) is 22.6 Å². The van der Waals surface area contributed by atoms with E-state index in [1.807, 2.05) is 0 Å². The molecular formula is C35H30FNO12S. The van der Waals surface area contributed by atoms with Crippen molar-refractivity contribution in [1.82, 2.24) is 0 Å². The van der Waals surface area contributed by atoms with E-state index in [0.29, 0.717) is 16.8 Å². The molecule has 2 aliphatic rings. The molecule has 0 radical (unpaired) electrons. The van der Waals surface area contributed by atoms with Crippen molar-refractivity contribution in [1.29, 1.82) is 0 Å². The number of carbonyl (C=O) groups excluding carboxylic acids is 2. The van der Waals surface area contributed by atoms with Crippen molar-refractivity contribution in [3.05, 3.63) is 114 Å². The number of aliphatic carboxylic acids is 1. The van der Waals surface area contributed by atoms with E-state index in [9.17, 15) is 52.7 Å².